The van der Waals surface area contributed by atoms with Crippen LogP contribution in [-0.2, 0) is 6.54 Å². The molecule has 1 aromatic heterocycles. The maximum atomic E-state index is 5.93. The molecule has 7 heteroatoms. The highest BCUT2D eigenvalue weighted by Crippen LogP contribution is 2.21. The Hall–Kier alpha value is -3.09. The minimum atomic E-state index is 0.478. The largest absolute Gasteiger partial charge is 0.492 e. The predicted molar refractivity (Wildman–Crippen MR) is 123 cm³/mol. The van der Waals surface area contributed by atoms with Crippen molar-refractivity contribution in [3.8, 4) is 5.75 Å². The predicted octanol–water partition coefficient (Wildman–Crippen LogP) is 5.58. The number of thiocarbonyl (C=S) groups is 1. The van der Waals surface area contributed by atoms with E-state index in [2.05, 4.69) is 20.2 Å². The van der Waals surface area contributed by atoms with Crippen molar-refractivity contribution in [1.29, 1.82) is 0 Å². The monoisotopic (exact) mass is 422 g/mol. The highest BCUT2D eigenvalue weighted by Gasteiger charge is 2.12. The summed E-state index contributed by atoms with van der Waals surface area (Å²) in [4.78, 5) is 4.68. The van der Waals surface area contributed by atoms with Gasteiger partial charge in [-0.05, 0) is 60.7 Å². The molecule has 0 aliphatic heterocycles. The SMILES string of the molecule is S=C(Nc1ccccc1)Nc1nc2ccccc2n1CCOc1ccc(Cl)cc1. The third kappa shape index (κ3) is 4.85. The number of hydrogen-bond donors (Lipinski definition) is 2. The smallest absolute Gasteiger partial charge is 0.210 e. The van der Waals surface area contributed by atoms with Crippen LogP contribution < -0.4 is 15.4 Å². The number of halogens is 1. The van der Waals surface area contributed by atoms with Gasteiger partial charge in [0.2, 0.25) is 5.95 Å². The molecular formula is C22H19ClN4OS. The first kappa shape index (κ1) is 19.2. The highest BCUT2D eigenvalue weighted by molar-refractivity contribution is 7.80. The zero-order valence-electron chi connectivity index (χ0n) is 15.5. The van der Waals surface area contributed by atoms with Crippen molar-refractivity contribution in [2.75, 3.05) is 17.2 Å². The van der Waals surface area contributed by atoms with E-state index >= 15 is 0 Å². The molecule has 146 valence electrons. The third-order valence-corrected chi connectivity index (χ3v) is 4.76. The molecule has 4 aromatic rings. The first-order chi connectivity index (χ1) is 14.2. The van der Waals surface area contributed by atoms with Crippen LogP contribution >= 0.6 is 23.8 Å². The van der Waals surface area contributed by atoms with Gasteiger partial charge in [0.05, 0.1) is 17.6 Å². The molecule has 0 atom stereocenters. The van der Waals surface area contributed by atoms with Crippen LogP contribution in [0.2, 0.25) is 5.02 Å². The van der Waals surface area contributed by atoms with Gasteiger partial charge in [-0.3, -0.25) is 0 Å². The van der Waals surface area contributed by atoms with E-state index in [-0.39, 0.29) is 0 Å². The summed E-state index contributed by atoms with van der Waals surface area (Å²) in [5.41, 5.74) is 2.82. The molecule has 0 amide bonds. The number of fused-ring (bicyclic) bond motifs is 1. The van der Waals surface area contributed by atoms with Crippen molar-refractivity contribution in [2.24, 2.45) is 0 Å². The Morgan fingerprint density at radius 2 is 1.66 bits per heavy atom. The summed E-state index contributed by atoms with van der Waals surface area (Å²) in [7, 11) is 0. The molecule has 0 bridgehead atoms. The fourth-order valence-corrected chi connectivity index (χ4v) is 3.30. The lowest BCUT2D eigenvalue weighted by atomic mass is 10.3. The molecule has 0 aliphatic rings. The number of nitrogens with one attached hydrogen (secondary N) is 2. The minimum Gasteiger partial charge on any atom is -0.492 e. The second kappa shape index (κ2) is 8.94. The molecule has 0 saturated heterocycles. The fraction of sp³-hybridized carbons (Fsp3) is 0.0909. The Kier molecular flexibility index (Phi) is 5.93. The topological polar surface area (TPSA) is 51.1 Å². The van der Waals surface area contributed by atoms with Crippen molar-refractivity contribution in [2.45, 2.75) is 6.54 Å². The Morgan fingerprint density at radius 1 is 0.931 bits per heavy atom. The van der Waals surface area contributed by atoms with Crippen LogP contribution in [0.25, 0.3) is 11.0 Å². The van der Waals surface area contributed by atoms with Gasteiger partial charge in [-0.25, -0.2) is 4.98 Å². The number of ether oxygens (including phenoxy) is 1. The van der Waals surface area contributed by atoms with E-state index in [0.29, 0.717) is 29.2 Å². The quantitative estimate of drug-likeness (QED) is 0.397. The van der Waals surface area contributed by atoms with E-state index in [1.54, 1.807) is 0 Å². The van der Waals surface area contributed by atoms with Crippen LogP contribution in [0.4, 0.5) is 11.6 Å². The van der Waals surface area contributed by atoms with Gasteiger partial charge in [0, 0.05) is 10.7 Å². The minimum absolute atomic E-state index is 0.478. The van der Waals surface area contributed by atoms with Crippen LogP contribution in [0.3, 0.4) is 0 Å². The van der Waals surface area contributed by atoms with Crippen molar-refractivity contribution in [1.82, 2.24) is 9.55 Å². The molecule has 0 saturated carbocycles. The standard InChI is InChI=1S/C22H19ClN4OS/c23-16-10-12-18(13-11-16)28-15-14-27-20-9-5-4-8-19(20)25-21(27)26-22(29)24-17-6-2-1-3-7-17/h1-13H,14-15H2,(H2,24,25,26,29). The Bertz CT molecular complexity index is 1110. The second-order valence-electron chi connectivity index (χ2n) is 6.32. The summed E-state index contributed by atoms with van der Waals surface area (Å²) < 4.78 is 7.92. The molecule has 0 fully saturated rings. The zero-order chi connectivity index (χ0) is 20.1. The Morgan fingerprint density at radius 3 is 2.45 bits per heavy atom. The molecule has 29 heavy (non-hydrogen) atoms. The van der Waals surface area contributed by atoms with Gasteiger partial charge in [0.15, 0.2) is 5.11 Å². The highest BCUT2D eigenvalue weighted by atomic mass is 35.5. The third-order valence-electron chi connectivity index (χ3n) is 4.31. The number of benzene rings is 3. The number of rotatable bonds is 6. The maximum Gasteiger partial charge on any atom is 0.210 e. The first-order valence-corrected chi connectivity index (χ1v) is 9.94. The van der Waals surface area contributed by atoms with Crippen molar-refractivity contribution in [3.63, 3.8) is 0 Å². The second-order valence-corrected chi connectivity index (χ2v) is 7.17. The molecule has 0 radical (unpaired) electrons. The van der Waals surface area contributed by atoms with E-state index < -0.39 is 0 Å². The average molecular weight is 423 g/mol. The van der Waals surface area contributed by atoms with E-state index in [4.69, 9.17) is 28.6 Å². The number of imidazole rings is 1. The van der Waals surface area contributed by atoms with Crippen molar-refractivity contribution in [3.05, 3.63) is 83.9 Å². The van der Waals surface area contributed by atoms with Gasteiger partial charge in [-0.2, -0.15) is 0 Å². The van der Waals surface area contributed by atoms with Gasteiger partial charge in [-0.15, -0.1) is 0 Å². The fourth-order valence-electron chi connectivity index (χ4n) is 2.97. The van der Waals surface area contributed by atoms with Crippen LogP contribution in [0.1, 0.15) is 0 Å². The molecule has 3 aromatic carbocycles. The summed E-state index contributed by atoms with van der Waals surface area (Å²) >= 11 is 11.4. The van der Waals surface area contributed by atoms with Crippen LogP contribution in [0, 0.1) is 0 Å². The number of para-hydroxylation sites is 3. The summed E-state index contributed by atoms with van der Waals surface area (Å²) in [6.45, 7) is 1.09. The average Bonchev–Trinajstić information content (AvgIpc) is 3.07. The molecule has 1 heterocycles. The van der Waals surface area contributed by atoms with Crippen LogP contribution in [0.15, 0.2) is 78.9 Å². The van der Waals surface area contributed by atoms with Crippen LogP contribution in [-0.4, -0.2) is 21.3 Å². The lowest BCUT2D eigenvalue weighted by Crippen LogP contribution is -2.22. The Balaban J connectivity index is 1.49. The number of aromatic nitrogens is 2. The van der Waals surface area contributed by atoms with Crippen molar-refractivity contribution < 1.29 is 4.74 Å². The molecule has 5 nitrogen and oxygen atoms in total. The van der Waals surface area contributed by atoms with E-state index in [0.717, 1.165) is 22.5 Å². The van der Waals surface area contributed by atoms with Gasteiger partial charge in [0.25, 0.3) is 0 Å². The van der Waals surface area contributed by atoms with Gasteiger partial charge in [-0.1, -0.05) is 41.9 Å². The molecule has 0 unspecified atom stereocenters. The van der Waals surface area contributed by atoms with E-state index in [9.17, 15) is 0 Å². The van der Waals surface area contributed by atoms with E-state index in [1.807, 2.05) is 78.9 Å². The lowest BCUT2D eigenvalue weighted by molar-refractivity contribution is 0.301. The molecular weight excluding hydrogens is 404 g/mol. The number of hydrogen-bond acceptors (Lipinski definition) is 3. The summed E-state index contributed by atoms with van der Waals surface area (Å²) in [6.07, 6.45) is 0. The summed E-state index contributed by atoms with van der Waals surface area (Å²) in [5, 5.41) is 7.54. The van der Waals surface area contributed by atoms with Crippen LogP contribution in [0.5, 0.6) is 5.75 Å². The van der Waals surface area contributed by atoms with Gasteiger partial charge >= 0.3 is 0 Å². The number of anilines is 2. The molecule has 0 spiro atoms. The Labute approximate surface area is 179 Å². The van der Waals surface area contributed by atoms with Gasteiger partial charge in [0.1, 0.15) is 12.4 Å². The van der Waals surface area contributed by atoms with E-state index in [1.165, 1.54) is 0 Å². The summed E-state index contributed by atoms with van der Waals surface area (Å²) in [5.74, 6) is 1.44. The molecule has 2 N–H and O–H groups in total. The van der Waals surface area contributed by atoms with Crippen molar-refractivity contribution >= 4 is 51.6 Å². The molecule has 4 rings (SSSR count). The zero-order valence-corrected chi connectivity index (χ0v) is 17.1. The summed E-state index contributed by atoms with van der Waals surface area (Å²) in [6, 6.07) is 25.1. The maximum absolute atomic E-state index is 5.93. The normalized spacial score (nSPS) is 10.7. The first-order valence-electron chi connectivity index (χ1n) is 9.16. The molecule has 0 aliphatic carbocycles. The number of nitrogens with zero attached hydrogens (tertiary/aromatic N) is 2. The lowest BCUT2D eigenvalue weighted by Gasteiger charge is -2.13. The van der Waals surface area contributed by atoms with Gasteiger partial charge < -0.3 is 19.9 Å².